The van der Waals surface area contributed by atoms with Crippen LogP contribution >= 0.6 is 12.2 Å². The van der Waals surface area contributed by atoms with Gasteiger partial charge in [-0.2, -0.15) is 0 Å². The molecular weight excluding hydrogens is 320 g/mol. The lowest BCUT2D eigenvalue weighted by atomic mass is 10.1. The van der Waals surface area contributed by atoms with E-state index in [0.29, 0.717) is 18.0 Å². The molecule has 0 aliphatic rings. The summed E-state index contributed by atoms with van der Waals surface area (Å²) in [6, 6.07) is 15.3. The molecule has 0 saturated carbocycles. The summed E-state index contributed by atoms with van der Waals surface area (Å²) < 4.78 is 5.51. The van der Waals surface area contributed by atoms with Crippen molar-refractivity contribution in [3.8, 4) is 5.75 Å². The molecule has 0 saturated heterocycles. The SMILES string of the molecule is CCOc1ccccc1NC(=S)NC(=O)/C=C\c1ccc(C)cc1. The van der Waals surface area contributed by atoms with Gasteiger partial charge >= 0.3 is 0 Å². The first kappa shape index (κ1) is 17.7. The lowest BCUT2D eigenvalue weighted by Gasteiger charge is -2.12. The van der Waals surface area contributed by atoms with Gasteiger partial charge in [-0.3, -0.25) is 10.1 Å². The Balaban J connectivity index is 1.92. The number of benzene rings is 2. The smallest absolute Gasteiger partial charge is 0.250 e. The number of hydrogen-bond acceptors (Lipinski definition) is 3. The van der Waals surface area contributed by atoms with Crippen molar-refractivity contribution < 1.29 is 9.53 Å². The van der Waals surface area contributed by atoms with E-state index in [9.17, 15) is 4.79 Å². The Labute approximate surface area is 147 Å². The number of thiocarbonyl (C=S) groups is 1. The molecule has 2 aromatic rings. The molecule has 0 aliphatic heterocycles. The number of amides is 1. The maximum Gasteiger partial charge on any atom is 0.250 e. The van der Waals surface area contributed by atoms with Gasteiger partial charge in [0.15, 0.2) is 5.11 Å². The van der Waals surface area contributed by atoms with Gasteiger partial charge in [-0.1, -0.05) is 42.0 Å². The van der Waals surface area contributed by atoms with Crippen molar-refractivity contribution in [2.75, 3.05) is 11.9 Å². The third-order valence-corrected chi connectivity index (χ3v) is 3.38. The van der Waals surface area contributed by atoms with E-state index in [1.54, 1.807) is 6.08 Å². The quantitative estimate of drug-likeness (QED) is 0.640. The summed E-state index contributed by atoms with van der Waals surface area (Å²) in [5, 5.41) is 5.81. The van der Waals surface area contributed by atoms with Gasteiger partial charge in [0, 0.05) is 6.08 Å². The molecule has 0 atom stereocenters. The molecule has 0 spiro atoms. The zero-order chi connectivity index (χ0) is 17.4. The number of para-hydroxylation sites is 2. The monoisotopic (exact) mass is 340 g/mol. The highest BCUT2D eigenvalue weighted by molar-refractivity contribution is 7.80. The average molecular weight is 340 g/mol. The van der Waals surface area contributed by atoms with Crippen LogP contribution in [0, 0.1) is 6.92 Å². The van der Waals surface area contributed by atoms with E-state index in [-0.39, 0.29) is 11.0 Å². The fraction of sp³-hybridized carbons (Fsp3) is 0.158. The molecule has 0 unspecified atom stereocenters. The number of nitrogens with one attached hydrogen (secondary N) is 2. The largest absolute Gasteiger partial charge is 0.492 e. The lowest BCUT2D eigenvalue weighted by molar-refractivity contribution is -0.115. The summed E-state index contributed by atoms with van der Waals surface area (Å²) in [5.74, 6) is 0.397. The Kier molecular flexibility index (Phi) is 6.51. The van der Waals surface area contributed by atoms with Crippen LogP contribution in [0.5, 0.6) is 5.75 Å². The molecule has 0 bridgehead atoms. The molecule has 2 N–H and O–H groups in total. The number of hydrogen-bond donors (Lipinski definition) is 2. The molecule has 24 heavy (non-hydrogen) atoms. The molecule has 1 amide bonds. The molecule has 0 radical (unpaired) electrons. The number of rotatable bonds is 5. The van der Waals surface area contributed by atoms with Crippen LogP contribution in [0.1, 0.15) is 18.1 Å². The minimum Gasteiger partial charge on any atom is -0.492 e. The Hall–Kier alpha value is -2.66. The van der Waals surface area contributed by atoms with Crippen LogP contribution < -0.4 is 15.4 Å². The summed E-state index contributed by atoms with van der Waals surface area (Å²) >= 11 is 5.17. The molecule has 2 aromatic carbocycles. The fourth-order valence-electron chi connectivity index (χ4n) is 2.01. The highest BCUT2D eigenvalue weighted by Gasteiger charge is 2.06. The minimum absolute atomic E-state index is 0.223. The summed E-state index contributed by atoms with van der Waals surface area (Å²) in [6.07, 6.45) is 3.19. The second-order valence-corrected chi connectivity index (χ2v) is 5.52. The summed E-state index contributed by atoms with van der Waals surface area (Å²) in [7, 11) is 0. The molecule has 2 rings (SSSR count). The molecule has 0 heterocycles. The number of ether oxygens (including phenoxy) is 1. The van der Waals surface area contributed by atoms with Crippen molar-refractivity contribution >= 4 is 35.0 Å². The van der Waals surface area contributed by atoms with Crippen LogP contribution in [0.3, 0.4) is 0 Å². The predicted octanol–water partition coefficient (Wildman–Crippen LogP) is 3.92. The van der Waals surface area contributed by atoms with E-state index in [1.165, 1.54) is 11.6 Å². The molecule has 5 heteroatoms. The maximum absolute atomic E-state index is 11.9. The van der Waals surface area contributed by atoms with Crippen molar-refractivity contribution in [2.24, 2.45) is 0 Å². The van der Waals surface area contributed by atoms with E-state index < -0.39 is 0 Å². The normalized spacial score (nSPS) is 10.4. The maximum atomic E-state index is 11.9. The van der Waals surface area contributed by atoms with Crippen LogP contribution in [0.15, 0.2) is 54.6 Å². The van der Waals surface area contributed by atoms with Crippen molar-refractivity contribution in [3.05, 3.63) is 65.7 Å². The fourth-order valence-corrected chi connectivity index (χ4v) is 2.22. The van der Waals surface area contributed by atoms with Gasteiger partial charge in [-0.15, -0.1) is 0 Å². The molecule has 0 aromatic heterocycles. The number of anilines is 1. The Morgan fingerprint density at radius 1 is 1.17 bits per heavy atom. The van der Waals surface area contributed by atoms with Crippen molar-refractivity contribution in [1.29, 1.82) is 0 Å². The van der Waals surface area contributed by atoms with Gasteiger partial charge in [0.2, 0.25) is 5.91 Å². The Morgan fingerprint density at radius 3 is 2.58 bits per heavy atom. The number of carbonyl (C=O) groups is 1. The Bertz CT molecular complexity index is 739. The minimum atomic E-state index is -0.290. The number of aryl methyl sites for hydroxylation is 1. The average Bonchev–Trinajstić information content (AvgIpc) is 2.56. The van der Waals surface area contributed by atoms with Crippen LogP contribution in [0.4, 0.5) is 5.69 Å². The van der Waals surface area contributed by atoms with E-state index in [0.717, 1.165) is 5.56 Å². The van der Waals surface area contributed by atoms with Crippen molar-refractivity contribution in [2.45, 2.75) is 13.8 Å². The summed E-state index contributed by atoms with van der Waals surface area (Å²) in [5.41, 5.74) is 2.85. The second-order valence-electron chi connectivity index (χ2n) is 5.12. The highest BCUT2D eigenvalue weighted by Crippen LogP contribution is 2.23. The standard InChI is InChI=1S/C19H20N2O2S/c1-3-23-17-7-5-4-6-16(17)20-19(24)21-18(22)13-12-15-10-8-14(2)9-11-15/h4-13H,3H2,1-2H3,(H2,20,21,22,24)/b13-12-. The van der Waals surface area contributed by atoms with Gasteiger partial charge in [0.25, 0.3) is 0 Å². The van der Waals surface area contributed by atoms with Crippen LogP contribution in [-0.4, -0.2) is 17.6 Å². The van der Waals surface area contributed by atoms with Gasteiger partial charge in [-0.25, -0.2) is 0 Å². The molecule has 0 aliphatic carbocycles. The zero-order valence-corrected chi connectivity index (χ0v) is 14.5. The Morgan fingerprint density at radius 2 is 1.88 bits per heavy atom. The summed E-state index contributed by atoms with van der Waals surface area (Å²) in [4.78, 5) is 11.9. The summed E-state index contributed by atoms with van der Waals surface area (Å²) in [6.45, 7) is 4.48. The third-order valence-electron chi connectivity index (χ3n) is 3.18. The molecule has 4 nitrogen and oxygen atoms in total. The van der Waals surface area contributed by atoms with E-state index in [4.69, 9.17) is 17.0 Å². The molecular formula is C19H20N2O2S. The van der Waals surface area contributed by atoms with E-state index in [2.05, 4.69) is 10.6 Å². The zero-order valence-electron chi connectivity index (χ0n) is 13.7. The highest BCUT2D eigenvalue weighted by atomic mass is 32.1. The van der Waals surface area contributed by atoms with Crippen molar-refractivity contribution in [1.82, 2.24) is 5.32 Å². The lowest BCUT2D eigenvalue weighted by Crippen LogP contribution is -2.32. The molecule has 0 fully saturated rings. The van der Waals surface area contributed by atoms with Gasteiger partial charge in [-0.05, 0) is 49.8 Å². The van der Waals surface area contributed by atoms with Crippen LogP contribution in [-0.2, 0) is 4.79 Å². The number of carbonyl (C=O) groups excluding carboxylic acids is 1. The third kappa shape index (κ3) is 5.52. The predicted molar refractivity (Wildman–Crippen MR) is 102 cm³/mol. The first-order chi connectivity index (χ1) is 11.6. The van der Waals surface area contributed by atoms with Gasteiger partial charge < -0.3 is 10.1 Å². The second kappa shape index (κ2) is 8.84. The molecule has 124 valence electrons. The van der Waals surface area contributed by atoms with E-state index >= 15 is 0 Å². The van der Waals surface area contributed by atoms with Gasteiger partial charge in [0.1, 0.15) is 5.75 Å². The van der Waals surface area contributed by atoms with E-state index in [1.807, 2.05) is 62.4 Å². The van der Waals surface area contributed by atoms with Crippen LogP contribution in [0.2, 0.25) is 0 Å². The first-order valence-corrected chi connectivity index (χ1v) is 8.08. The van der Waals surface area contributed by atoms with Gasteiger partial charge in [0.05, 0.1) is 12.3 Å². The van der Waals surface area contributed by atoms with Crippen LogP contribution in [0.25, 0.3) is 6.08 Å². The first-order valence-electron chi connectivity index (χ1n) is 7.67. The topological polar surface area (TPSA) is 50.4 Å². The van der Waals surface area contributed by atoms with Crippen molar-refractivity contribution in [3.63, 3.8) is 0 Å².